The van der Waals surface area contributed by atoms with E-state index in [1.54, 1.807) is 33.3 Å². The van der Waals surface area contributed by atoms with Crippen LogP contribution in [0, 0.1) is 0 Å². The van der Waals surface area contributed by atoms with Gasteiger partial charge in [0.05, 0.1) is 21.1 Å². The number of carbonyl (C=O) groups excluding carboxylic acids is 2. The van der Waals surface area contributed by atoms with E-state index in [2.05, 4.69) is 19.1 Å². The van der Waals surface area contributed by atoms with E-state index in [4.69, 9.17) is 0 Å². The lowest BCUT2D eigenvalue weighted by molar-refractivity contribution is -0.875. The number of carbonyl (C=O) groups is 2. The van der Waals surface area contributed by atoms with Crippen molar-refractivity contribution in [1.29, 1.82) is 0 Å². The highest BCUT2D eigenvalue weighted by atomic mass is 16.4. The number of quaternary nitrogens is 1. The van der Waals surface area contributed by atoms with Crippen LogP contribution in [-0.4, -0.2) is 54.6 Å². The van der Waals surface area contributed by atoms with E-state index in [-0.39, 0.29) is 11.0 Å². The fourth-order valence-electron chi connectivity index (χ4n) is 3.32. The molecule has 0 amide bonds. The first-order valence-electron chi connectivity index (χ1n) is 11.7. The Morgan fingerprint density at radius 2 is 1.31 bits per heavy atom. The maximum absolute atomic E-state index is 12.3. The third kappa shape index (κ3) is 17.4. The van der Waals surface area contributed by atoms with Crippen LogP contribution in [-0.2, 0) is 9.59 Å². The summed E-state index contributed by atoms with van der Waals surface area (Å²) in [5.41, 5.74) is -1.98. The molecule has 32 heavy (non-hydrogen) atoms. The number of carboxylic acid groups (broad SMARTS) is 1. The Morgan fingerprint density at radius 3 is 1.84 bits per heavy atom. The molecule has 0 spiro atoms. The highest BCUT2D eigenvalue weighted by Crippen LogP contribution is 2.16. The summed E-state index contributed by atoms with van der Waals surface area (Å²) in [4.78, 5) is 23.3. The Hall–Kier alpha value is -2.24. The highest BCUT2D eigenvalue weighted by molar-refractivity contribution is 5.99. The molecule has 0 rings (SSSR count). The minimum Gasteiger partial charge on any atom is -0.550 e. The van der Waals surface area contributed by atoms with Crippen LogP contribution in [0.3, 0.4) is 0 Å². The van der Waals surface area contributed by atoms with Gasteiger partial charge in [-0.15, -0.1) is 0 Å². The molecule has 0 saturated heterocycles. The molecule has 5 nitrogen and oxygen atoms in total. The maximum atomic E-state index is 12.3. The van der Waals surface area contributed by atoms with Gasteiger partial charge < -0.3 is 19.5 Å². The minimum atomic E-state index is -1.98. The van der Waals surface area contributed by atoms with Gasteiger partial charge in [0.1, 0.15) is 6.54 Å². The van der Waals surface area contributed by atoms with Crippen molar-refractivity contribution in [2.75, 3.05) is 27.7 Å². The molecule has 0 aliphatic carbocycles. The zero-order valence-electron chi connectivity index (χ0n) is 20.5. The predicted molar refractivity (Wildman–Crippen MR) is 131 cm³/mol. The van der Waals surface area contributed by atoms with Crippen LogP contribution >= 0.6 is 0 Å². The van der Waals surface area contributed by atoms with Gasteiger partial charge in [0.25, 0.3) is 0 Å². The van der Waals surface area contributed by atoms with Gasteiger partial charge in [-0.05, 0) is 18.9 Å². The molecule has 0 aromatic carbocycles. The lowest BCUT2D eigenvalue weighted by atomic mass is 9.92. The van der Waals surface area contributed by atoms with Crippen LogP contribution in [0.25, 0.3) is 0 Å². The summed E-state index contributed by atoms with van der Waals surface area (Å²) in [5, 5.41) is 21.5. The number of ketones is 1. The van der Waals surface area contributed by atoms with Gasteiger partial charge in [0.15, 0.2) is 11.4 Å². The Balaban J connectivity index is 4.28. The van der Waals surface area contributed by atoms with Gasteiger partial charge >= 0.3 is 0 Å². The first-order valence-corrected chi connectivity index (χ1v) is 11.7. The molecule has 5 heteroatoms. The van der Waals surface area contributed by atoms with E-state index in [9.17, 15) is 19.8 Å². The summed E-state index contributed by atoms with van der Waals surface area (Å²) < 4.78 is 0.252. The molecule has 1 N–H and O–H groups in total. The third-order valence-corrected chi connectivity index (χ3v) is 4.77. The van der Waals surface area contributed by atoms with Crippen LogP contribution < -0.4 is 5.11 Å². The average molecular weight is 446 g/mol. The van der Waals surface area contributed by atoms with Crippen molar-refractivity contribution in [2.24, 2.45) is 0 Å². The van der Waals surface area contributed by atoms with Crippen molar-refractivity contribution >= 4 is 11.8 Å². The number of unbranched alkanes of at least 4 members (excludes halogenated alkanes) is 7. The summed E-state index contributed by atoms with van der Waals surface area (Å²) in [6.07, 6.45) is 27.6. The molecule has 0 saturated carbocycles. The Bertz CT molecular complexity index is 680. The van der Waals surface area contributed by atoms with Crippen molar-refractivity contribution in [3.8, 4) is 0 Å². The van der Waals surface area contributed by atoms with Crippen LogP contribution in [0.15, 0.2) is 60.8 Å². The number of aliphatic carboxylic acids is 1. The first-order chi connectivity index (χ1) is 15.1. The van der Waals surface area contributed by atoms with Gasteiger partial charge in [-0.3, -0.25) is 4.79 Å². The summed E-state index contributed by atoms with van der Waals surface area (Å²) in [6.45, 7) is 2.22. The average Bonchev–Trinajstić information content (AvgIpc) is 2.68. The van der Waals surface area contributed by atoms with E-state index < -0.39 is 23.8 Å². The molecule has 0 aliphatic heterocycles. The van der Waals surface area contributed by atoms with Crippen molar-refractivity contribution in [1.82, 2.24) is 0 Å². The molecule has 0 fully saturated rings. The zero-order valence-corrected chi connectivity index (χ0v) is 20.5. The second-order valence-corrected chi connectivity index (χ2v) is 9.25. The fourth-order valence-corrected chi connectivity index (χ4v) is 3.32. The molecule has 0 aromatic heterocycles. The van der Waals surface area contributed by atoms with E-state index in [0.29, 0.717) is 0 Å². The van der Waals surface area contributed by atoms with Crippen LogP contribution in [0.1, 0.15) is 64.7 Å². The summed E-state index contributed by atoms with van der Waals surface area (Å²) in [7, 11) is 5.33. The minimum absolute atomic E-state index is 0.0228. The maximum Gasteiger partial charge on any atom is 0.193 e. The quantitative estimate of drug-likeness (QED) is 0.149. The summed E-state index contributed by atoms with van der Waals surface area (Å²) in [5.74, 6) is -2.10. The Morgan fingerprint density at radius 1 is 0.812 bits per heavy atom. The molecule has 0 unspecified atom stereocenters. The van der Waals surface area contributed by atoms with Gasteiger partial charge in [0.2, 0.25) is 0 Å². The van der Waals surface area contributed by atoms with Crippen LogP contribution in [0.5, 0.6) is 0 Å². The fraction of sp³-hybridized carbons (Fsp3) is 0.556. The SMILES string of the molecule is CCCCCCCCCC=CC=CC=CC=CC=CC(=O)[C@@](O)(CC(=O)[O-])C[N+](C)(C)C. The predicted octanol–water partition coefficient (Wildman–Crippen LogP) is 4.05. The molecular formula is C27H43NO4. The summed E-state index contributed by atoms with van der Waals surface area (Å²) in [6, 6.07) is 0. The number of aliphatic hydroxyl groups is 1. The number of hydrogen-bond donors (Lipinski definition) is 1. The number of nitrogens with zero attached hydrogens (tertiary/aromatic N) is 1. The lowest BCUT2D eigenvalue weighted by Crippen LogP contribution is -2.55. The van der Waals surface area contributed by atoms with Crippen molar-refractivity contribution in [3.05, 3.63) is 60.8 Å². The third-order valence-electron chi connectivity index (χ3n) is 4.77. The number of rotatable bonds is 18. The molecule has 0 radical (unpaired) electrons. The molecule has 1 atom stereocenters. The lowest BCUT2D eigenvalue weighted by Gasteiger charge is -2.34. The van der Waals surface area contributed by atoms with Crippen molar-refractivity contribution < 1.29 is 24.3 Å². The number of likely N-dealkylation sites (N-methyl/N-ethyl adjacent to an activating group) is 1. The first kappa shape index (κ1) is 29.8. The highest BCUT2D eigenvalue weighted by Gasteiger charge is 2.39. The monoisotopic (exact) mass is 445 g/mol. The van der Waals surface area contributed by atoms with Gasteiger partial charge in [-0.1, -0.05) is 100 Å². The second-order valence-electron chi connectivity index (χ2n) is 9.25. The van der Waals surface area contributed by atoms with Crippen molar-refractivity contribution in [3.63, 3.8) is 0 Å². The number of allylic oxidation sites excluding steroid dienone is 9. The molecule has 0 bridgehead atoms. The van der Waals surface area contributed by atoms with E-state index in [0.717, 1.165) is 6.42 Å². The van der Waals surface area contributed by atoms with E-state index in [1.165, 1.54) is 57.1 Å². The smallest absolute Gasteiger partial charge is 0.193 e. The normalized spacial score (nSPS) is 15.0. The second kappa shape index (κ2) is 17.3. The van der Waals surface area contributed by atoms with Crippen LogP contribution in [0.2, 0.25) is 0 Å². The summed E-state index contributed by atoms with van der Waals surface area (Å²) >= 11 is 0. The molecule has 0 aromatic rings. The van der Waals surface area contributed by atoms with Gasteiger partial charge in [0, 0.05) is 12.4 Å². The number of carboxylic acids is 1. The molecule has 0 heterocycles. The Kier molecular flexibility index (Phi) is 16.1. The van der Waals surface area contributed by atoms with Gasteiger partial charge in [-0.25, -0.2) is 0 Å². The standard InChI is InChI=1S/C27H43NO4/c1-5-6-7-8-9-10-11-12-13-14-15-16-17-18-19-20-21-22-25(29)27(32,23-26(30)31)24-28(2,3)4/h13-22,32H,5-12,23-24H2,1-4H3/t27-/m1/s1. The Labute approximate surface area is 195 Å². The van der Waals surface area contributed by atoms with Crippen molar-refractivity contribution in [2.45, 2.75) is 70.3 Å². The molecular weight excluding hydrogens is 402 g/mol. The molecule has 0 aliphatic rings. The van der Waals surface area contributed by atoms with Crippen LogP contribution in [0.4, 0.5) is 0 Å². The van der Waals surface area contributed by atoms with E-state index >= 15 is 0 Å². The zero-order chi connectivity index (χ0) is 24.3. The van der Waals surface area contributed by atoms with E-state index in [1.807, 2.05) is 24.3 Å². The van der Waals surface area contributed by atoms with Gasteiger partial charge in [-0.2, -0.15) is 0 Å². The topological polar surface area (TPSA) is 77.4 Å². The molecule has 180 valence electrons. The largest absolute Gasteiger partial charge is 0.550 e. The number of hydrogen-bond acceptors (Lipinski definition) is 4.